The van der Waals surface area contributed by atoms with Crippen molar-refractivity contribution in [2.24, 2.45) is 0 Å². The molecule has 2 aromatic rings. The summed E-state index contributed by atoms with van der Waals surface area (Å²) in [6, 6.07) is 11.7. The number of fused-ring (bicyclic) bond motifs is 1. The Morgan fingerprint density at radius 2 is 1.85 bits per heavy atom. The van der Waals surface area contributed by atoms with Gasteiger partial charge in [-0.05, 0) is 61.2 Å². The molecule has 0 bridgehead atoms. The largest absolute Gasteiger partial charge is 0.490 e. The van der Waals surface area contributed by atoms with E-state index < -0.39 is 0 Å². The highest BCUT2D eigenvalue weighted by atomic mass is 16.5. The first-order valence-corrected chi connectivity index (χ1v) is 9.02. The fourth-order valence-electron chi connectivity index (χ4n) is 3.36. The molecule has 0 spiro atoms. The summed E-state index contributed by atoms with van der Waals surface area (Å²) in [6.07, 6.45) is 0.926. The summed E-state index contributed by atoms with van der Waals surface area (Å²) in [5.74, 6) is 1.22. The summed E-state index contributed by atoms with van der Waals surface area (Å²) in [6.45, 7) is 5.97. The maximum absolute atomic E-state index is 11.9. The van der Waals surface area contributed by atoms with Crippen LogP contribution in [0, 0.1) is 0 Å². The lowest BCUT2D eigenvalue weighted by Gasteiger charge is -2.29. The summed E-state index contributed by atoms with van der Waals surface area (Å²) < 4.78 is 16.4. The fourth-order valence-corrected chi connectivity index (χ4v) is 3.36. The lowest BCUT2D eigenvalue weighted by Crippen LogP contribution is -2.30. The third-order valence-corrected chi connectivity index (χ3v) is 4.50. The van der Waals surface area contributed by atoms with Gasteiger partial charge >= 0.3 is 5.97 Å². The van der Waals surface area contributed by atoms with Crippen LogP contribution in [0.25, 0.3) is 0 Å². The Morgan fingerprint density at radius 1 is 1.12 bits per heavy atom. The van der Waals surface area contributed by atoms with Crippen LogP contribution in [0.1, 0.15) is 46.9 Å². The smallest absolute Gasteiger partial charge is 0.337 e. The van der Waals surface area contributed by atoms with Crippen LogP contribution in [0.4, 0.5) is 0 Å². The van der Waals surface area contributed by atoms with E-state index in [9.17, 15) is 4.79 Å². The molecule has 3 rings (SSSR count). The monoisotopic (exact) mass is 355 g/mol. The molecular weight excluding hydrogens is 330 g/mol. The topological polar surface area (TPSA) is 56.8 Å². The Bertz CT molecular complexity index is 788. The van der Waals surface area contributed by atoms with Gasteiger partial charge in [0.25, 0.3) is 0 Å². The van der Waals surface area contributed by atoms with Crippen molar-refractivity contribution >= 4 is 5.97 Å². The van der Waals surface area contributed by atoms with Crippen molar-refractivity contribution in [3.8, 4) is 11.5 Å². The number of hydrogen-bond donors (Lipinski definition) is 1. The minimum Gasteiger partial charge on any atom is -0.490 e. The van der Waals surface area contributed by atoms with Crippen LogP contribution in [0.15, 0.2) is 36.4 Å². The van der Waals surface area contributed by atoms with Crippen molar-refractivity contribution in [3.05, 3.63) is 58.7 Å². The lowest BCUT2D eigenvalue weighted by atomic mass is 9.89. The van der Waals surface area contributed by atoms with E-state index in [1.165, 1.54) is 12.7 Å². The average molecular weight is 355 g/mol. The molecule has 26 heavy (non-hydrogen) atoms. The van der Waals surface area contributed by atoms with Gasteiger partial charge in [0.15, 0.2) is 11.5 Å². The van der Waals surface area contributed by atoms with Gasteiger partial charge in [-0.15, -0.1) is 0 Å². The van der Waals surface area contributed by atoms with Crippen molar-refractivity contribution in [1.29, 1.82) is 0 Å². The van der Waals surface area contributed by atoms with E-state index in [0.29, 0.717) is 18.8 Å². The number of esters is 1. The average Bonchev–Trinajstić information content (AvgIpc) is 2.68. The van der Waals surface area contributed by atoms with Gasteiger partial charge in [-0.25, -0.2) is 4.79 Å². The molecule has 1 atom stereocenters. The number of benzene rings is 2. The van der Waals surface area contributed by atoms with Crippen molar-refractivity contribution in [2.45, 2.75) is 26.3 Å². The highest BCUT2D eigenvalue weighted by Crippen LogP contribution is 2.38. The molecule has 0 fully saturated rings. The maximum atomic E-state index is 11.9. The van der Waals surface area contributed by atoms with Gasteiger partial charge < -0.3 is 19.5 Å². The first-order chi connectivity index (χ1) is 12.7. The van der Waals surface area contributed by atoms with E-state index in [2.05, 4.69) is 17.4 Å². The Labute approximate surface area is 154 Å². The van der Waals surface area contributed by atoms with Crippen molar-refractivity contribution in [3.63, 3.8) is 0 Å². The lowest BCUT2D eigenvalue weighted by molar-refractivity contribution is 0.0600. The predicted octanol–water partition coefficient (Wildman–Crippen LogP) is 3.51. The van der Waals surface area contributed by atoms with E-state index in [4.69, 9.17) is 14.2 Å². The summed E-state index contributed by atoms with van der Waals surface area (Å²) in [4.78, 5) is 11.9. The predicted molar refractivity (Wildman–Crippen MR) is 100 cm³/mol. The molecule has 2 aromatic carbocycles. The highest BCUT2D eigenvalue weighted by Gasteiger charge is 2.24. The number of ether oxygens (including phenoxy) is 3. The molecule has 1 aliphatic rings. The van der Waals surface area contributed by atoms with Crippen LogP contribution in [-0.2, 0) is 11.2 Å². The number of rotatable bonds is 6. The van der Waals surface area contributed by atoms with Crippen LogP contribution in [-0.4, -0.2) is 32.8 Å². The van der Waals surface area contributed by atoms with Crippen LogP contribution in [0.3, 0.4) is 0 Å². The van der Waals surface area contributed by atoms with E-state index in [1.54, 1.807) is 6.07 Å². The third kappa shape index (κ3) is 3.68. The Kier molecular flexibility index (Phi) is 5.78. The van der Waals surface area contributed by atoms with E-state index in [0.717, 1.165) is 35.6 Å². The second-order valence-electron chi connectivity index (χ2n) is 6.12. The van der Waals surface area contributed by atoms with Crippen LogP contribution < -0.4 is 14.8 Å². The minimum absolute atomic E-state index is 0.00163. The van der Waals surface area contributed by atoms with Gasteiger partial charge in [-0.2, -0.15) is 0 Å². The summed E-state index contributed by atoms with van der Waals surface area (Å²) in [5, 5.41) is 3.55. The van der Waals surface area contributed by atoms with Gasteiger partial charge in [-0.3, -0.25) is 0 Å². The van der Waals surface area contributed by atoms with Gasteiger partial charge in [0.05, 0.1) is 31.9 Å². The number of carbonyl (C=O) groups excluding carboxylic acids is 1. The molecule has 0 unspecified atom stereocenters. The van der Waals surface area contributed by atoms with Crippen LogP contribution >= 0.6 is 0 Å². The third-order valence-electron chi connectivity index (χ3n) is 4.50. The van der Waals surface area contributed by atoms with Crippen molar-refractivity contribution in [1.82, 2.24) is 5.32 Å². The molecule has 5 heteroatoms. The first kappa shape index (κ1) is 18.3. The standard InChI is InChI=1S/C21H25NO4/c1-4-25-18-12-14-9-10-22-20(17(14)13-19(18)26-5-2)15-7-6-8-16(11-15)21(23)24-3/h6-8,11-13,20,22H,4-5,9-10H2,1-3H3/t20-/m1/s1. The molecule has 0 saturated heterocycles. The summed E-state index contributed by atoms with van der Waals surface area (Å²) in [5.41, 5.74) is 3.98. The number of methoxy groups -OCH3 is 1. The molecule has 0 aliphatic carbocycles. The first-order valence-electron chi connectivity index (χ1n) is 9.02. The molecule has 0 amide bonds. The van der Waals surface area contributed by atoms with E-state index in [1.807, 2.05) is 32.0 Å². The maximum Gasteiger partial charge on any atom is 0.337 e. The number of nitrogens with one attached hydrogen (secondary N) is 1. The van der Waals surface area contributed by atoms with Gasteiger partial charge in [-0.1, -0.05) is 12.1 Å². The van der Waals surface area contributed by atoms with Crippen molar-refractivity contribution in [2.75, 3.05) is 26.9 Å². The SMILES string of the molecule is CCOc1cc2c(cc1OCC)[C@@H](c1cccc(C(=O)OC)c1)NCC2. The Morgan fingerprint density at radius 3 is 2.54 bits per heavy atom. The molecular formula is C21H25NO4. The fraction of sp³-hybridized carbons (Fsp3) is 0.381. The van der Waals surface area contributed by atoms with Gasteiger partial charge in [0.2, 0.25) is 0 Å². The molecule has 0 saturated carbocycles. The zero-order chi connectivity index (χ0) is 18.5. The number of carbonyl (C=O) groups is 1. The Balaban J connectivity index is 2.03. The molecule has 1 aliphatic heterocycles. The normalized spacial score (nSPS) is 15.9. The van der Waals surface area contributed by atoms with Gasteiger partial charge in [0, 0.05) is 6.54 Å². The summed E-state index contributed by atoms with van der Waals surface area (Å²) in [7, 11) is 1.40. The van der Waals surface area contributed by atoms with Crippen LogP contribution in [0.5, 0.6) is 11.5 Å². The van der Waals surface area contributed by atoms with Gasteiger partial charge in [0.1, 0.15) is 0 Å². The van der Waals surface area contributed by atoms with Crippen molar-refractivity contribution < 1.29 is 19.0 Å². The molecule has 0 aromatic heterocycles. The zero-order valence-electron chi connectivity index (χ0n) is 15.5. The molecule has 0 radical (unpaired) electrons. The second kappa shape index (κ2) is 8.23. The molecule has 138 valence electrons. The quantitative estimate of drug-likeness (QED) is 0.804. The second-order valence-corrected chi connectivity index (χ2v) is 6.12. The molecule has 1 N–H and O–H groups in total. The summed E-state index contributed by atoms with van der Waals surface area (Å²) >= 11 is 0. The highest BCUT2D eigenvalue weighted by molar-refractivity contribution is 5.89. The van der Waals surface area contributed by atoms with E-state index >= 15 is 0 Å². The van der Waals surface area contributed by atoms with E-state index in [-0.39, 0.29) is 12.0 Å². The van der Waals surface area contributed by atoms with Crippen LogP contribution in [0.2, 0.25) is 0 Å². The minimum atomic E-state index is -0.329. The number of hydrogen-bond acceptors (Lipinski definition) is 5. The zero-order valence-corrected chi connectivity index (χ0v) is 15.5. The molecule has 5 nitrogen and oxygen atoms in total. The molecule has 1 heterocycles. The Hall–Kier alpha value is -2.53.